The zero-order valence-electron chi connectivity index (χ0n) is 10.9. The molecule has 0 bridgehead atoms. The lowest BCUT2D eigenvalue weighted by Gasteiger charge is -2.02. The van der Waals surface area contributed by atoms with Gasteiger partial charge in [0.25, 0.3) is 0 Å². The molecule has 3 heteroatoms. The summed E-state index contributed by atoms with van der Waals surface area (Å²) in [6.45, 7) is 2.11. The van der Waals surface area contributed by atoms with Crippen LogP contribution in [-0.2, 0) is 0 Å². The minimum Gasteiger partial charge on any atom is -0.277 e. The highest BCUT2D eigenvalue weighted by molar-refractivity contribution is 5.93. The minimum atomic E-state index is 0.673. The van der Waals surface area contributed by atoms with Crippen LogP contribution in [0.5, 0.6) is 0 Å². The lowest BCUT2D eigenvalue weighted by Crippen LogP contribution is -1.87. The molecule has 0 unspecified atom stereocenters. The van der Waals surface area contributed by atoms with Gasteiger partial charge in [0.05, 0.1) is 5.52 Å². The fourth-order valence-corrected chi connectivity index (χ4v) is 2.55. The Kier molecular flexibility index (Phi) is 2.21. The Labute approximate surface area is 111 Å². The average Bonchev–Trinajstić information content (AvgIpc) is 3.20. The Balaban J connectivity index is 1.89. The first kappa shape index (κ1) is 10.7. The normalized spacial score (nSPS) is 15.0. The van der Waals surface area contributed by atoms with Gasteiger partial charge in [0.15, 0.2) is 0 Å². The van der Waals surface area contributed by atoms with Gasteiger partial charge in [-0.05, 0) is 44.0 Å². The molecule has 0 atom stereocenters. The van der Waals surface area contributed by atoms with Crippen molar-refractivity contribution in [2.45, 2.75) is 25.7 Å². The van der Waals surface area contributed by atoms with Crippen LogP contribution in [0.3, 0.4) is 0 Å². The number of pyridine rings is 1. The zero-order chi connectivity index (χ0) is 12.8. The quantitative estimate of drug-likeness (QED) is 0.750. The average molecular weight is 249 g/mol. The number of hydrogen-bond donors (Lipinski definition) is 1. The summed E-state index contributed by atoms with van der Waals surface area (Å²) in [6, 6.07) is 10.6. The summed E-state index contributed by atoms with van der Waals surface area (Å²) in [6.07, 6.45) is 4.45. The third-order valence-electron chi connectivity index (χ3n) is 3.77. The van der Waals surface area contributed by atoms with Gasteiger partial charge in [-0.3, -0.25) is 10.1 Å². The summed E-state index contributed by atoms with van der Waals surface area (Å²) in [5.74, 6) is 0.673. The number of aromatic amines is 1. The van der Waals surface area contributed by atoms with Crippen LogP contribution in [0.15, 0.2) is 36.5 Å². The van der Waals surface area contributed by atoms with Crippen LogP contribution in [0.25, 0.3) is 22.2 Å². The van der Waals surface area contributed by atoms with Crippen molar-refractivity contribution >= 4 is 10.9 Å². The maximum Gasteiger partial charge on any atom is 0.100 e. The van der Waals surface area contributed by atoms with E-state index in [2.05, 4.69) is 46.4 Å². The van der Waals surface area contributed by atoms with Crippen molar-refractivity contribution in [3.8, 4) is 11.3 Å². The molecule has 1 aliphatic rings. The highest BCUT2D eigenvalue weighted by Crippen LogP contribution is 2.40. The van der Waals surface area contributed by atoms with E-state index in [0.29, 0.717) is 5.92 Å². The number of fused-ring (bicyclic) bond motifs is 1. The highest BCUT2D eigenvalue weighted by Gasteiger charge is 2.25. The van der Waals surface area contributed by atoms with Gasteiger partial charge in [0.1, 0.15) is 5.69 Å². The molecule has 0 spiro atoms. The van der Waals surface area contributed by atoms with E-state index < -0.39 is 0 Å². The van der Waals surface area contributed by atoms with Crippen molar-refractivity contribution in [2.24, 2.45) is 0 Å². The molecule has 19 heavy (non-hydrogen) atoms. The molecule has 1 aromatic carbocycles. The lowest BCUT2D eigenvalue weighted by atomic mass is 10.1. The van der Waals surface area contributed by atoms with Crippen LogP contribution in [-0.4, -0.2) is 15.2 Å². The number of aromatic nitrogens is 3. The summed E-state index contributed by atoms with van der Waals surface area (Å²) >= 11 is 0. The Bertz CT molecular complexity index is 754. The van der Waals surface area contributed by atoms with E-state index in [9.17, 15) is 0 Å². The SMILES string of the molecule is Cc1ccc2[nH]nc(-c3ccnc(C4CC4)c3)c2c1. The van der Waals surface area contributed by atoms with E-state index in [1.165, 1.54) is 29.5 Å². The van der Waals surface area contributed by atoms with Gasteiger partial charge in [-0.1, -0.05) is 11.6 Å². The Morgan fingerprint density at radius 2 is 2.05 bits per heavy atom. The van der Waals surface area contributed by atoms with E-state index in [4.69, 9.17) is 0 Å². The molecule has 2 heterocycles. The summed E-state index contributed by atoms with van der Waals surface area (Å²) in [5, 5.41) is 8.77. The second-order valence-electron chi connectivity index (χ2n) is 5.36. The van der Waals surface area contributed by atoms with Crippen molar-refractivity contribution in [3.63, 3.8) is 0 Å². The molecule has 3 nitrogen and oxygen atoms in total. The molecule has 0 aliphatic heterocycles. The van der Waals surface area contributed by atoms with Crippen LogP contribution >= 0.6 is 0 Å². The third kappa shape index (κ3) is 1.82. The van der Waals surface area contributed by atoms with Crippen LogP contribution < -0.4 is 0 Å². The van der Waals surface area contributed by atoms with Crippen molar-refractivity contribution in [1.29, 1.82) is 0 Å². The second kappa shape index (κ2) is 3.92. The van der Waals surface area contributed by atoms with Crippen LogP contribution in [0.4, 0.5) is 0 Å². The van der Waals surface area contributed by atoms with E-state index in [0.717, 1.165) is 16.8 Å². The standard InChI is InChI=1S/C16H15N3/c1-10-2-5-14-13(8-10)16(19-18-14)12-6-7-17-15(9-12)11-3-4-11/h2,5-9,11H,3-4H2,1H3,(H,18,19). The number of H-pyrrole nitrogens is 1. The van der Waals surface area contributed by atoms with Gasteiger partial charge < -0.3 is 0 Å². The maximum atomic E-state index is 4.47. The molecule has 4 rings (SSSR count). The number of nitrogens with one attached hydrogen (secondary N) is 1. The summed E-state index contributed by atoms with van der Waals surface area (Å²) in [4.78, 5) is 4.47. The summed E-state index contributed by atoms with van der Waals surface area (Å²) < 4.78 is 0. The molecule has 1 saturated carbocycles. The smallest absolute Gasteiger partial charge is 0.100 e. The number of nitrogens with zero attached hydrogens (tertiary/aromatic N) is 2. The van der Waals surface area contributed by atoms with E-state index >= 15 is 0 Å². The topological polar surface area (TPSA) is 41.6 Å². The second-order valence-corrected chi connectivity index (χ2v) is 5.36. The van der Waals surface area contributed by atoms with Gasteiger partial charge in [-0.15, -0.1) is 0 Å². The Hall–Kier alpha value is -2.16. The van der Waals surface area contributed by atoms with E-state index in [1.807, 2.05) is 12.3 Å². The van der Waals surface area contributed by atoms with Crippen LogP contribution in [0, 0.1) is 6.92 Å². The number of benzene rings is 1. The van der Waals surface area contributed by atoms with Gasteiger partial charge in [-0.2, -0.15) is 5.10 Å². The molecule has 0 radical (unpaired) electrons. The van der Waals surface area contributed by atoms with Crippen molar-refractivity contribution in [2.75, 3.05) is 0 Å². The van der Waals surface area contributed by atoms with Gasteiger partial charge in [0.2, 0.25) is 0 Å². The van der Waals surface area contributed by atoms with Crippen LogP contribution in [0.2, 0.25) is 0 Å². The fourth-order valence-electron chi connectivity index (χ4n) is 2.55. The fraction of sp³-hybridized carbons (Fsp3) is 0.250. The Morgan fingerprint density at radius 1 is 1.16 bits per heavy atom. The first-order valence-electron chi connectivity index (χ1n) is 6.72. The number of aryl methyl sites for hydroxylation is 1. The molecule has 2 aromatic heterocycles. The monoisotopic (exact) mass is 249 g/mol. The van der Waals surface area contributed by atoms with Crippen LogP contribution in [0.1, 0.15) is 30.0 Å². The number of rotatable bonds is 2. The van der Waals surface area contributed by atoms with Crippen molar-refractivity contribution < 1.29 is 0 Å². The first-order valence-corrected chi connectivity index (χ1v) is 6.72. The van der Waals surface area contributed by atoms with Crippen molar-refractivity contribution in [3.05, 3.63) is 47.8 Å². The highest BCUT2D eigenvalue weighted by atomic mass is 15.1. The van der Waals surface area contributed by atoms with Crippen molar-refractivity contribution in [1.82, 2.24) is 15.2 Å². The summed E-state index contributed by atoms with van der Waals surface area (Å²) in [5.41, 5.74) is 5.75. The largest absolute Gasteiger partial charge is 0.277 e. The summed E-state index contributed by atoms with van der Waals surface area (Å²) in [7, 11) is 0. The van der Waals surface area contributed by atoms with E-state index in [1.54, 1.807) is 0 Å². The molecule has 1 N–H and O–H groups in total. The third-order valence-corrected chi connectivity index (χ3v) is 3.77. The van der Waals surface area contributed by atoms with Gasteiger partial charge in [0, 0.05) is 28.8 Å². The Morgan fingerprint density at radius 3 is 2.89 bits per heavy atom. The minimum absolute atomic E-state index is 0.673. The first-order chi connectivity index (χ1) is 9.31. The lowest BCUT2D eigenvalue weighted by molar-refractivity contribution is 1.02. The number of hydrogen-bond acceptors (Lipinski definition) is 2. The van der Waals surface area contributed by atoms with Gasteiger partial charge in [-0.25, -0.2) is 0 Å². The predicted octanol–water partition coefficient (Wildman–Crippen LogP) is 3.81. The molecule has 1 fully saturated rings. The van der Waals surface area contributed by atoms with E-state index in [-0.39, 0.29) is 0 Å². The molecular weight excluding hydrogens is 234 g/mol. The zero-order valence-corrected chi connectivity index (χ0v) is 10.9. The molecule has 1 aliphatic carbocycles. The van der Waals surface area contributed by atoms with Gasteiger partial charge >= 0.3 is 0 Å². The molecule has 94 valence electrons. The predicted molar refractivity (Wildman–Crippen MR) is 76.0 cm³/mol. The maximum absolute atomic E-state index is 4.47. The molecule has 0 saturated heterocycles. The molecular formula is C16H15N3. The molecule has 0 amide bonds. The molecule has 3 aromatic rings.